The third-order valence-electron chi connectivity index (χ3n) is 6.10. The molecule has 0 unspecified atom stereocenters. The number of primary amides is 1. The second kappa shape index (κ2) is 13.2. The van der Waals surface area contributed by atoms with Crippen molar-refractivity contribution in [3.63, 3.8) is 0 Å². The van der Waals surface area contributed by atoms with Gasteiger partial charge in [-0.25, -0.2) is 4.98 Å². The van der Waals surface area contributed by atoms with E-state index in [0.717, 1.165) is 5.56 Å². The van der Waals surface area contributed by atoms with Crippen LogP contribution < -0.4 is 21.7 Å². The number of nitrogens with two attached hydrogens (primary N) is 1. The number of aromatic amines is 1. The van der Waals surface area contributed by atoms with Gasteiger partial charge in [0.05, 0.1) is 6.33 Å². The summed E-state index contributed by atoms with van der Waals surface area (Å²) in [6.45, 7) is 1.72. The zero-order chi connectivity index (χ0) is 26.8. The zero-order valence-electron chi connectivity index (χ0n) is 20.7. The number of hydrogen-bond donors (Lipinski definition) is 5. The van der Waals surface area contributed by atoms with Crippen molar-refractivity contribution < 1.29 is 24.0 Å². The standard InChI is InChI=1S/C25H33N7O5/c1-16(33)30-19(12-17-6-3-2-4-7-17)24(36)28-10-9-22(34)31-20(13-18-14-27-15-29-18)25(37)32-11-5-8-21(32)23(26)35/h2-4,6-7,14-15,19-21H,5,8-13H2,1H3,(H2,26,35)(H,27,29)(H,28,36)(H,30,33)(H,31,34)/t19-,20+,21-/m1/s1. The number of imidazole rings is 1. The molecule has 2 aromatic rings. The number of nitrogens with zero attached hydrogens (tertiary/aromatic N) is 2. The number of likely N-dealkylation sites (tertiary alicyclic amines) is 1. The number of H-pyrrole nitrogens is 1. The van der Waals surface area contributed by atoms with Gasteiger partial charge in [0, 0.05) is 51.2 Å². The van der Waals surface area contributed by atoms with E-state index in [1.165, 1.54) is 18.2 Å². The van der Waals surface area contributed by atoms with Crippen LogP contribution in [-0.2, 0) is 36.8 Å². The van der Waals surface area contributed by atoms with Crippen molar-refractivity contribution in [2.45, 2.75) is 57.2 Å². The van der Waals surface area contributed by atoms with Crippen molar-refractivity contribution in [2.24, 2.45) is 5.73 Å². The van der Waals surface area contributed by atoms with Crippen LogP contribution in [0.3, 0.4) is 0 Å². The van der Waals surface area contributed by atoms with E-state index in [0.29, 0.717) is 31.5 Å². The summed E-state index contributed by atoms with van der Waals surface area (Å²) in [5.74, 6) is -2.19. The lowest BCUT2D eigenvalue weighted by atomic mass is 10.1. The van der Waals surface area contributed by atoms with E-state index in [9.17, 15) is 24.0 Å². The summed E-state index contributed by atoms with van der Waals surface area (Å²) in [5.41, 5.74) is 6.98. The van der Waals surface area contributed by atoms with E-state index in [4.69, 9.17) is 5.73 Å². The predicted molar refractivity (Wildman–Crippen MR) is 134 cm³/mol. The first-order valence-electron chi connectivity index (χ1n) is 12.2. The number of carbonyl (C=O) groups is 5. The largest absolute Gasteiger partial charge is 0.368 e. The predicted octanol–water partition coefficient (Wildman–Crippen LogP) is -0.833. The van der Waals surface area contributed by atoms with Gasteiger partial charge < -0.3 is 31.6 Å². The molecule has 2 heterocycles. The van der Waals surface area contributed by atoms with Gasteiger partial charge in [0.2, 0.25) is 29.5 Å². The van der Waals surface area contributed by atoms with Crippen molar-refractivity contribution in [1.82, 2.24) is 30.8 Å². The van der Waals surface area contributed by atoms with Gasteiger partial charge in [0.15, 0.2) is 0 Å². The van der Waals surface area contributed by atoms with E-state index in [1.807, 2.05) is 30.3 Å². The van der Waals surface area contributed by atoms with Crippen LogP contribution in [-0.4, -0.2) is 75.6 Å². The maximum atomic E-state index is 13.2. The molecule has 1 saturated heterocycles. The molecule has 12 heteroatoms. The van der Waals surface area contributed by atoms with Gasteiger partial charge in [-0.05, 0) is 18.4 Å². The highest BCUT2D eigenvalue weighted by Crippen LogP contribution is 2.19. The van der Waals surface area contributed by atoms with Gasteiger partial charge in [-0.2, -0.15) is 0 Å². The van der Waals surface area contributed by atoms with E-state index in [1.54, 1.807) is 6.20 Å². The number of hydrogen-bond acceptors (Lipinski definition) is 6. The highest BCUT2D eigenvalue weighted by atomic mass is 16.2. The smallest absolute Gasteiger partial charge is 0.246 e. The Kier molecular flexibility index (Phi) is 9.76. The summed E-state index contributed by atoms with van der Waals surface area (Å²) in [4.78, 5) is 70.3. The van der Waals surface area contributed by atoms with E-state index >= 15 is 0 Å². The SMILES string of the molecule is CC(=O)N[C@H](Cc1ccccc1)C(=O)NCCC(=O)N[C@@H](Cc1cnc[nH]1)C(=O)N1CCC[C@@H]1C(N)=O. The van der Waals surface area contributed by atoms with E-state index in [2.05, 4.69) is 25.9 Å². The number of rotatable bonds is 12. The number of amides is 5. The Hall–Kier alpha value is -4.22. The summed E-state index contributed by atoms with van der Waals surface area (Å²) in [5, 5.41) is 8.03. The highest BCUT2D eigenvalue weighted by Gasteiger charge is 2.36. The third kappa shape index (κ3) is 8.16. The maximum Gasteiger partial charge on any atom is 0.246 e. The van der Waals surface area contributed by atoms with Gasteiger partial charge in [-0.3, -0.25) is 24.0 Å². The third-order valence-corrected chi connectivity index (χ3v) is 6.10. The topological polar surface area (TPSA) is 179 Å². The van der Waals surface area contributed by atoms with Crippen molar-refractivity contribution in [2.75, 3.05) is 13.1 Å². The Morgan fingerprint density at radius 3 is 2.51 bits per heavy atom. The molecule has 0 spiro atoms. The molecule has 0 aliphatic carbocycles. The molecule has 12 nitrogen and oxygen atoms in total. The van der Waals surface area contributed by atoms with Gasteiger partial charge >= 0.3 is 0 Å². The minimum absolute atomic E-state index is 0.00807. The summed E-state index contributed by atoms with van der Waals surface area (Å²) < 4.78 is 0. The van der Waals surface area contributed by atoms with Gasteiger partial charge in [0.1, 0.15) is 18.1 Å². The fourth-order valence-corrected chi connectivity index (χ4v) is 4.34. The lowest BCUT2D eigenvalue weighted by molar-refractivity contribution is -0.140. The van der Waals surface area contributed by atoms with Gasteiger partial charge in [0.25, 0.3) is 0 Å². The van der Waals surface area contributed by atoms with E-state index in [-0.39, 0.29) is 25.3 Å². The Morgan fingerprint density at radius 2 is 1.86 bits per heavy atom. The van der Waals surface area contributed by atoms with E-state index < -0.39 is 41.8 Å². The number of benzene rings is 1. The number of carbonyl (C=O) groups excluding carboxylic acids is 5. The normalized spacial score (nSPS) is 16.5. The molecule has 6 N–H and O–H groups in total. The van der Waals surface area contributed by atoms with Crippen molar-refractivity contribution in [1.29, 1.82) is 0 Å². The van der Waals surface area contributed by atoms with Crippen LogP contribution in [0.4, 0.5) is 0 Å². The van der Waals surface area contributed by atoms with Crippen LogP contribution in [0, 0.1) is 0 Å². The van der Waals surface area contributed by atoms with Crippen LogP contribution in [0.25, 0.3) is 0 Å². The molecule has 1 aliphatic heterocycles. The first kappa shape index (κ1) is 27.4. The molecule has 0 saturated carbocycles. The minimum Gasteiger partial charge on any atom is -0.368 e. The van der Waals surface area contributed by atoms with Crippen molar-refractivity contribution in [3.05, 3.63) is 54.1 Å². The van der Waals surface area contributed by atoms with Gasteiger partial charge in [-0.1, -0.05) is 30.3 Å². The quantitative estimate of drug-likeness (QED) is 0.248. The molecule has 1 aliphatic rings. The second-order valence-corrected chi connectivity index (χ2v) is 8.98. The summed E-state index contributed by atoms with van der Waals surface area (Å²) in [6, 6.07) is 6.83. The molecule has 0 radical (unpaired) electrons. The monoisotopic (exact) mass is 511 g/mol. The average molecular weight is 512 g/mol. The summed E-state index contributed by atoms with van der Waals surface area (Å²) in [7, 11) is 0. The second-order valence-electron chi connectivity index (χ2n) is 8.98. The first-order valence-corrected chi connectivity index (χ1v) is 12.2. The lowest BCUT2D eigenvalue weighted by Gasteiger charge is -2.27. The Labute approximate surface area is 214 Å². The van der Waals surface area contributed by atoms with Crippen LogP contribution in [0.5, 0.6) is 0 Å². The lowest BCUT2D eigenvalue weighted by Crippen LogP contribution is -2.54. The molecule has 1 fully saturated rings. The molecular weight excluding hydrogens is 478 g/mol. The molecule has 1 aromatic heterocycles. The summed E-state index contributed by atoms with van der Waals surface area (Å²) in [6.07, 6.45) is 4.52. The fourth-order valence-electron chi connectivity index (χ4n) is 4.34. The molecule has 3 rings (SSSR count). The minimum atomic E-state index is -0.936. The van der Waals surface area contributed by atoms with Crippen LogP contribution >= 0.6 is 0 Å². The van der Waals surface area contributed by atoms with Crippen LogP contribution in [0.2, 0.25) is 0 Å². The maximum absolute atomic E-state index is 13.2. The Balaban J connectivity index is 1.57. The molecule has 3 atom stereocenters. The molecule has 5 amide bonds. The molecular formula is C25H33N7O5. The molecule has 1 aromatic carbocycles. The summed E-state index contributed by atoms with van der Waals surface area (Å²) >= 11 is 0. The molecule has 198 valence electrons. The molecule has 37 heavy (non-hydrogen) atoms. The molecule has 0 bridgehead atoms. The van der Waals surface area contributed by atoms with Crippen molar-refractivity contribution in [3.8, 4) is 0 Å². The van der Waals surface area contributed by atoms with Crippen LogP contribution in [0.15, 0.2) is 42.9 Å². The zero-order valence-corrected chi connectivity index (χ0v) is 20.7. The first-order chi connectivity index (χ1) is 17.7. The Morgan fingerprint density at radius 1 is 1.11 bits per heavy atom. The van der Waals surface area contributed by atoms with Crippen molar-refractivity contribution >= 4 is 29.5 Å². The van der Waals surface area contributed by atoms with Crippen LogP contribution in [0.1, 0.15) is 37.4 Å². The number of nitrogens with one attached hydrogen (secondary N) is 4. The number of aromatic nitrogens is 2. The highest BCUT2D eigenvalue weighted by molar-refractivity contribution is 5.92. The average Bonchev–Trinajstić information content (AvgIpc) is 3.55. The Bertz CT molecular complexity index is 1090. The van der Waals surface area contributed by atoms with Gasteiger partial charge in [-0.15, -0.1) is 0 Å². The fraction of sp³-hybridized carbons (Fsp3) is 0.440.